The molecule has 2 saturated carbocycles. The largest absolute Gasteiger partial charge is 0.465 e. The summed E-state index contributed by atoms with van der Waals surface area (Å²) in [5.41, 5.74) is 1.32. The van der Waals surface area contributed by atoms with E-state index in [9.17, 15) is 4.79 Å². The Morgan fingerprint density at radius 3 is 2.82 bits per heavy atom. The maximum atomic E-state index is 12.0. The van der Waals surface area contributed by atoms with Gasteiger partial charge in [0.1, 0.15) is 0 Å². The van der Waals surface area contributed by atoms with Crippen LogP contribution in [0, 0.1) is 35.0 Å². The van der Waals surface area contributed by atoms with Gasteiger partial charge in [-0.15, -0.1) is 0 Å². The number of esters is 1. The van der Waals surface area contributed by atoms with Gasteiger partial charge < -0.3 is 4.74 Å². The summed E-state index contributed by atoms with van der Waals surface area (Å²) in [7, 11) is 0. The lowest BCUT2D eigenvalue weighted by atomic mass is 9.61. The first-order valence-electron chi connectivity index (χ1n) is 6.82. The van der Waals surface area contributed by atoms with Crippen LogP contribution in [0.1, 0.15) is 33.6 Å². The van der Waals surface area contributed by atoms with Crippen LogP contribution in [0.2, 0.25) is 0 Å². The van der Waals surface area contributed by atoms with Crippen molar-refractivity contribution in [2.75, 3.05) is 6.61 Å². The van der Waals surface area contributed by atoms with E-state index in [1.165, 1.54) is 12.8 Å². The predicted molar refractivity (Wildman–Crippen MR) is 66.2 cm³/mol. The first kappa shape index (κ1) is 11.3. The monoisotopic (exact) mass is 234 g/mol. The zero-order chi connectivity index (χ0) is 12.4. The van der Waals surface area contributed by atoms with Gasteiger partial charge in [0.2, 0.25) is 0 Å². The van der Waals surface area contributed by atoms with Crippen molar-refractivity contribution in [2.45, 2.75) is 33.6 Å². The number of ether oxygens (including phenoxy) is 1. The number of hydrogen-bond donors (Lipinski definition) is 0. The Kier molecular flexibility index (Phi) is 2.24. The second-order valence-corrected chi connectivity index (χ2v) is 6.68. The molecule has 5 atom stereocenters. The van der Waals surface area contributed by atoms with E-state index in [0.717, 1.165) is 5.57 Å². The number of hydrogen-bond acceptors (Lipinski definition) is 2. The summed E-state index contributed by atoms with van der Waals surface area (Å²) in [6, 6.07) is 0. The molecule has 0 radical (unpaired) electrons. The van der Waals surface area contributed by atoms with Crippen LogP contribution in [0.4, 0.5) is 0 Å². The smallest absolute Gasteiger partial charge is 0.313 e. The molecule has 3 fully saturated rings. The molecule has 2 aliphatic carbocycles. The molecule has 3 aliphatic rings. The highest BCUT2D eigenvalue weighted by atomic mass is 16.5. The lowest BCUT2D eigenvalue weighted by Gasteiger charge is -2.45. The Balaban J connectivity index is 2.06. The van der Waals surface area contributed by atoms with E-state index in [1.807, 2.05) is 0 Å². The fourth-order valence-corrected chi connectivity index (χ4v) is 4.67. The highest BCUT2D eigenvalue weighted by Gasteiger charge is 2.63. The average Bonchev–Trinajstić information content (AvgIpc) is 2.35. The quantitative estimate of drug-likeness (QED) is 0.515. The molecular weight excluding hydrogens is 212 g/mol. The average molecular weight is 234 g/mol. The van der Waals surface area contributed by atoms with Gasteiger partial charge in [-0.3, -0.25) is 4.79 Å². The Bertz CT molecular complexity index is 384. The molecule has 0 aromatic heterocycles. The number of carbonyl (C=O) groups excluding carboxylic acids is 1. The summed E-state index contributed by atoms with van der Waals surface area (Å²) in [6.07, 6.45) is 2.43. The standard InChI is InChI=1S/C15H22O2/c1-8(2)10-5-6-15(4)9(3)12-13(10)11(15)7-17-14(12)16/h8,10-13H,3,5-7H2,1-2,4H3/t10-,11+,12+,13+,15-/m1/s1. The van der Waals surface area contributed by atoms with Gasteiger partial charge in [0, 0.05) is 5.92 Å². The zero-order valence-corrected chi connectivity index (χ0v) is 11.0. The van der Waals surface area contributed by atoms with Gasteiger partial charge in [-0.25, -0.2) is 0 Å². The predicted octanol–water partition coefficient (Wildman–Crippen LogP) is 3.03. The zero-order valence-electron chi connectivity index (χ0n) is 11.0. The summed E-state index contributed by atoms with van der Waals surface area (Å²) in [6.45, 7) is 11.7. The SMILES string of the molecule is C=C1[C@@H]2C(=O)OC[C@H]3[C@@H]2[C@@H](C(C)C)CC[C@]13C. The van der Waals surface area contributed by atoms with Gasteiger partial charge in [0.05, 0.1) is 12.5 Å². The first-order chi connectivity index (χ1) is 7.97. The molecule has 0 amide bonds. The minimum Gasteiger partial charge on any atom is -0.465 e. The second-order valence-electron chi connectivity index (χ2n) is 6.68. The van der Waals surface area contributed by atoms with Crippen LogP contribution in [-0.4, -0.2) is 12.6 Å². The minimum atomic E-state index is -0.00692. The van der Waals surface area contributed by atoms with Gasteiger partial charge >= 0.3 is 5.97 Å². The van der Waals surface area contributed by atoms with E-state index < -0.39 is 0 Å². The van der Waals surface area contributed by atoms with Crippen LogP contribution in [0.15, 0.2) is 12.2 Å². The Morgan fingerprint density at radius 2 is 2.18 bits per heavy atom. The molecule has 0 spiro atoms. The number of carbonyl (C=O) groups is 1. The van der Waals surface area contributed by atoms with Crippen molar-refractivity contribution >= 4 is 5.97 Å². The van der Waals surface area contributed by atoms with Crippen LogP contribution in [0.25, 0.3) is 0 Å². The van der Waals surface area contributed by atoms with Crippen LogP contribution < -0.4 is 0 Å². The molecular formula is C15H22O2. The van der Waals surface area contributed by atoms with Crippen molar-refractivity contribution in [3.63, 3.8) is 0 Å². The molecule has 2 heteroatoms. The molecule has 2 nitrogen and oxygen atoms in total. The van der Waals surface area contributed by atoms with E-state index in [1.54, 1.807) is 0 Å². The normalized spacial score (nSPS) is 48.5. The van der Waals surface area contributed by atoms with Crippen LogP contribution in [-0.2, 0) is 9.53 Å². The molecule has 1 aliphatic heterocycles. The highest BCUT2D eigenvalue weighted by Crippen LogP contribution is 2.65. The summed E-state index contributed by atoms with van der Waals surface area (Å²) >= 11 is 0. The molecule has 3 rings (SSSR count). The molecule has 1 saturated heterocycles. The van der Waals surface area contributed by atoms with E-state index >= 15 is 0 Å². The Hall–Kier alpha value is -0.790. The number of rotatable bonds is 1. The molecule has 17 heavy (non-hydrogen) atoms. The van der Waals surface area contributed by atoms with E-state index in [4.69, 9.17) is 4.74 Å². The van der Waals surface area contributed by atoms with Gasteiger partial charge in [-0.1, -0.05) is 32.9 Å². The molecule has 1 heterocycles. The van der Waals surface area contributed by atoms with Gasteiger partial charge in [0.25, 0.3) is 0 Å². The molecule has 0 N–H and O–H groups in total. The van der Waals surface area contributed by atoms with Crippen molar-refractivity contribution in [1.82, 2.24) is 0 Å². The molecule has 0 unspecified atom stereocenters. The van der Waals surface area contributed by atoms with Crippen LogP contribution in [0.5, 0.6) is 0 Å². The van der Waals surface area contributed by atoms with Gasteiger partial charge in [-0.05, 0) is 36.0 Å². The third-order valence-electron chi connectivity index (χ3n) is 5.78. The molecule has 0 aromatic carbocycles. The van der Waals surface area contributed by atoms with Crippen LogP contribution >= 0.6 is 0 Å². The summed E-state index contributed by atoms with van der Waals surface area (Å²) < 4.78 is 5.37. The summed E-state index contributed by atoms with van der Waals surface area (Å²) in [5, 5.41) is 0. The van der Waals surface area contributed by atoms with Crippen molar-refractivity contribution in [1.29, 1.82) is 0 Å². The van der Waals surface area contributed by atoms with Crippen molar-refractivity contribution in [3.05, 3.63) is 12.2 Å². The second kappa shape index (κ2) is 3.37. The van der Waals surface area contributed by atoms with Crippen molar-refractivity contribution in [2.24, 2.45) is 35.0 Å². The lowest BCUT2D eigenvalue weighted by molar-refractivity contribution is -0.161. The van der Waals surface area contributed by atoms with Gasteiger partial charge in [-0.2, -0.15) is 0 Å². The summed E-state index contributed by atoms with van der Waals surface area (Å²) in [5.74, 6) is 2.35. The van der Waals surface area contributed by atoms with Crippen LogP contribution in [0.3, 0.4) is 0 Å². The highest BCUT2D eigenvalue weighted by molar-refractivity contribution is 5.79. The third kappa shape index (κ3) is 1.24. The van der Waals surface area contributed by atoms with E-state index in [2.05, 4.69) is 27.4 Å². The van der Waals surface area contributed by atoms with E-state index in [0.29, 0.717) is 30.3 Å². The minimum absolute atomic E-state index is 0.00588. The fraction of sp³-hybridized carbons (Fsp3) is 0.800. The Morgan fingerprint density at radius 1 is 1.47 bits per heavy atom. The van der Waals surface area contributed by atoms with Crippen molar-refractivity contribution < 1.29 is 9.53 Å². The van der Waals surface area contributed by atoms with E-state index in [-0.39, 0.29) is 17.3 Å². The Labute approximate surface area is 103 Å². The lowest BCUT2D eigenvalue weighted by Crippen LogP contribution is -2.44. The molecule has 4 bridgehead atoms. The first-order valence-corrected chi connectivity index (χ1v) is 6.82. The summed E-state index contributed by atoms with van der Waals surface area (Å²) in [4.78, 5) is 12.0. The maximum Gasteiger partial charge on any atom is 0.313 e. The maximum absolute atomic E-state index is 12.0. The number of cyclic esters (lactones) is 1. The van der Waals surface area contributed by atoms with Gasteiger partial charge in [0.15, 0.2) is 0 Å². The molecule has 94 valence electrons. The fourth-order valence-electron chi connectivity index (χ4n) is 4.67. The third-order valence-corrected chi connectivity index (χ3v) is 5.78. The molecule has 0 aromatic rings. The van der Waals surface area contributed by atoms with Crippen molar-refractivity contribution in [3.8, 4) is 0 Å². The topological polar surface area (TPSA) is 26.3 Å².